The van der Waals surface area contributed by atoms with Gasteiger partial charge >= 0.3 is 6.18 Å². The summed E-state index contributed by atoms with van der Waals surface area (Å²) in [6.45, 7) is 15.2. The van der Waals surface area contributed by atoms with Gasteiger partial charge in [-0.1, -0.05) is 68.8 Å². The molecule has 1 N–H and O–H groups in total. The summed E-state index contributed by atoms with van der Waals surface area (Å²) in [6.07, 6.45) is 3.95. The molecule has 0 spiro atoms. The number of nitrogens with zero attached hydrogens (tertiary/aromatic N) is 2. The zero-order valence-electron chi connectivity index (χ0n) is 20.4. The molecule has 0 unspecified atom stereocenters. The van der Waals surface area contributed by atoms with Crippen LogP contribution in [0.25, 0.3) is 0 Å². The van der Waals surface area contributed by atoms with Crippen LogP contribution in [0.1, 0.15) is 69.2 Å². The molecule has 0 aliphatic rings. The first-order valence-corrected chi connectivity index (χ1v) is 11.7. The maximum atomic E-state index is 12.9. The van der Waals surface area contributed by atoms with E-state index in [2.05, 4.69) is 21.9 Å². The van der Waals surface area contributed by atoms with E-state index < -0.39 is 11.7 Å². The topological polar surface area (TPSA) is 37.8 Å². The highest BCUT2D eigenvalue weighted by Crippen LogP contribution is 2.30. The van der Waals surface area contributed by atoms with Crippen LogP contribution in [0.5, 0.6) is 0 Å². The Balaban J connectivity index is 0.00000154. The lowest BCUT2D eigenvalue weighted by Gasteiger charge is -2.12. The van der Waals surface area contributed by atoms with Gasteiger partial charge in [0.2, 0.25) is 0 Å². The van der Waals surface area contributed by atoms with E-state index in [-0.39, 0.29) is 6.42 Å². The molecule has 1 heterocycles. The first-order chi connectivity index (χ1) is 15.8. The summed E-state index contributed by atoms with van der Waals surface area (Å²) in [6, 6.07) is 5.21. The number of hydrogen-bond acceptors (Lipinski definition) is 3. The molecule has 1 aromatic heterocycles. The van der Waals surface area contributed by atoms with Gasteiger partial charge in [-0.2, -0.15) is 13.2 Å². The Bertz CT molecular complexity index is 845. The zero-order chi connectivity index (χ0) is 25.3. The molecule has 3 nitrogen and oxygen atoms in total. The highest BCUT2D eigenvalue weighted by atomic mass is 35.5. The molecule has 0 atom stereocenters. The quantitative estimate of drug-likeness (QED) is 0.226. The number of alkyl halides is 3. The van der Waals surface area contributed by atoms with Crippen molar-refractivity contribution in [3.8, 4) is 0 Å². The van der Waals surface area contributed by atoms with E-state index in [1.807, 2.05) is 52.8 Å². The number of allylic oxidation sites excluding steroid dienone is 2. The number of benzene rings is 1. The Labute approximate surface area is 202 Å². The molecule has 1 aromatic carbocycles. The van der Waals surface area contributed by atoms with Gasteiger partial charge in [0.25, 0.3) is 0 Å². The lowest BCUT2D eigenvalue weighted by atomic mass is 10.1. The van der Waals surface area contributed by atoms with Crippen molar-refractivity contribution in [2.45, 2.75) is 66.5 Å². The fourth-order valence-corrected chi connectivity index (χ4v) is 3.05. The first-order valence-electron chi connectivity index (χ1n) is 11.4. The molecule has 0 aliphatic carbocycles. The summed E-state index contributed by atoms with van der Waals surface area (Å²) in [5.74, 6) is 0.430. The molecule has 0 saturated carbocycles. The summed E-state index contributed by atoms with van der Waals surface area (Å²) >= 11 is 6.35. The fraction of sp³-hybridized carbons (Fsp3) is 0.462. The molecule has 33 heavy (non-hydrogen) atoms. The monoisotopic (exact) mass is 483 g/mol. The third-order valence-corrected chi connectivity index (χ3v) is 4.76. The third-order valence-electron chi connectivity index (χ3n) is 4.45. The van der Waals surface area contributed by atoms with Crippen LogP contribution in [0.2, 0.25) is 5.15 Å². The van der Waals surface area contributed by atoms with Crippen molar-refractivity contribution in [1.29, 1.82) is 0 Å². The summed E-state index contributed by atoms with van der Waals surface area (Å²) in [5, 5.41) is 3.67. The van der Waals surface area contributed by atoms with E-state index in [1.54, 1.807) is 6.07 Å². The van der Waals surface area contributed by atoms with Crippen molar-refractivity contribution in [2.75, 3.05) is 13.1 Å². The van der Waals surface area contributed by atoms with E-state index in [0.717, 1.165) is 42.9 Å². The molecule has 0 bridgehead atoms. The molecule has 2 rings (SSSR count). The largest absolute Gasteiger partial charge is 0.416 e. The molecule has 7 heteroatoms. The third kappa shape index (κ3) is 12.0. The van der Waals surface area contributed by atoms with Gasteiger partial charge in [0.15, 0.2) is 0 Å². The smallest absolute Gasteiger partial charge is 0.316 e. The molecule has 0 amide bonds. The minimum absolute atomic E-state index is 0.203. The SMILES string of the molecule is C/C=C\C.C=CCCNCCc1c(Cl)nc(Cc2cccc(C(F)(F)F)c2)nc1CC.CC. The van der Waals surface area contributed by atoms with Crippen molar-refractivity contribution in [1.82, 2.24) is 15.3 Å². The first kappa shape index (κ1) is 30.8. The number of halogens is 4. The predicted molar refractivity (Wildman–Crippen MR) is 134 cm³/mol. The summed E-state index contributed by atoms with van der Waals surface area (Å²) in [7, 11) is 0. The highest BCUT2D eigenvalue weighted by Gasteiger charge is 2.30. The second-order valence-electron chi connectivity index (χ2n) is 6.83. The average molecular weight is 484 g/mol. The standard InChI is InChI=1S/C20H23ClF3N3.C4H8.C2H6/c1-3-5-10-25-11-9-16-17(4-2)26-18(27-19(16)21)13-14-7-6-8-15(12-14)20(22,23)24;1-3-4-2;1-2/h3,6-8,12,25H,1,4-5,9-11,13H2,2H3;3-4H,1-2H3;1-2H3/b;4-3-;. The minimum atomic E-state index is -4.37. The van der Waals surface area contributed by atoms with Gasteiger partial charge in [0, 0.05) is 17.7 Å². The lowest BCUT2D eigenvalue weighted by molar-refractivity contribution is -0.137. The molecule has 0 aliphatic heterocycles. The second kappa shape index (κ2) is 17.3. The Morgan fingerprint density at radius 2 is 1.76 bits per heavy atom. The van der Waals surface area contributed by atoms with E-state index in [9.17, 15) is 13.2 Å². The number of aryl methyl sites for hydroxylation is 1. The predicted octanol–water partition coefficient (Wildman–Crippen LogP) is 7.62. The van der Waals surface area contributed by atoms with Crippen LogP contribution in [0.15, 0.2) is 49.1 Å². The highest BCUT2D eigenvalue weighted by molar-refractivity contribution is 6.30. The lowest BCUT2D eigenvalue weighted by Crippen LogP contribution is -2.19. The Morgan fingerprint density at radius 3 is 2.30 bits per heavy atom. The van der Waals surface area contributed by atoms with Crippen molar-refractivity contribution in [3.63, 3.8) is 0 Å². The van der Waals surface area contributed by atoms with Crippen LogP contribution in [0, 0.1) is 0 Å². The Hall–Kier alpha value is -2.18. The van der Waals surface area contributed by atoms with E-state index in [0.29, 0.717) is 29.4 Å². The van der Waals surface area contributed by atoms with E-state index in [1.165, 1.54) is 6.07 Å². The van der Waals surface area contributed by atoms with Gasteiger partial charge in [0.05, 0.1) is 5.56 Å². The van der Waals surface area contributed by atoms with Crippen molar-refractivity contribution in [3.05, 3.63) is 82.4 Å². The molecule has 0 saturated heterocycles. The molecular formula is C26H37ClF3N3. The fourth-order valence-electron chi connectivity index (χ4n) is 2.75. The summed E-state index contributed by atoms with van der Waals surface area (Å²) in [5.41, 5.74) is 1.55. The van der Waals surface area contributed by atoms with Crippen molar-refractivity contribution < 1.29 is 13.2 Å². The van der Waals surface area contributed by atoms with Crippen LogP contribution in [-0.4, -0.2) is 23.1 Å². The van der Waals surface area contributed by atoms with Gasteiger partial charge in [-0.25, -0.2) is 9.97 Å². The average Bonchev–Trinajstić information content (AvgIpc) is 2.81. The summed E-state index contributed by atoms with van der Waals surface area (Å²) < 4.78 is 38.6. The van der Waals surface area contributed by atoms with Gasteiger partial charge < -0.3 is 5.32 Å². The van der Waals surface area contributed by atoms with Gasteiger partial charge in [-0.05, 0) is 57.8 Å². The van der Waals surface area contributed by atoms with Crippen LogP contribution < -0.4 is 5.32 Å². The molecule has 0 fully saturated rings. The number of aromatic nitrogens is 2. The molecule has 0 radical (unpaired) electrons. The van der Waals surface area contributed by atoms with Crippen LogP contribution in [-0.2, 0) is 25.4 Å². The van der Waals surface area contributed by atoms with Crippen molar-refractivity contribution in [2.24, 2.45) is 0 Å². The number of nitrogens with one attached hydrogen (secondary N) is 1. The van der Waals surface area contributed by atoms with Crippen LogP contribution >= 0.6 is 11.6 Å². The molecule has 184 valence electrons. The van der Waals surface area contributed by atoms with Crippen LogP contribution in [0.4, 0.5) is 13.2 Å². The van der Waals surface area contributed by atoms with Gasteiger partial charge in [0.1, 0.15) is 11.0 Å². The second-order valence-corrected chi connectivity index (χ2v) is 7.19. The van der Waals surface area contributed by atoms with Crippen LogP contribution in [0.3, 0.4) is 0 Å². The zero-order valence-corrected chi connectivity index (χ0v) is 21.2. The van der Waals surface area contributed by atoms with Gasteiger partial charge in [-0.3, -0.25) is 0 Å². The van der Waals surface area contributed by atoms with E-state index in [4.69, 9.17) is 11.6 Å². The number of hydrogen-bond donors (Lipinski definition) is 1. The van der Waals surface area contributed by atoms with Gasteiger partial charge in [-0.15, -0.1) is 6.58 Å². The molecular weight excluding hydrogens is 447 g/mol. The minimum Gasteiger partial charge on any atom is -0.316 e. The Kier molecular flexibility index (Phi) is 16.2. The maximum Gasteiger partial charge on any atom is 0.416 e. The normalized spacial score (nSPS) is 10.8. The van der Waals surface area contributed by atoms with E-state index >= 15 is 0 Å². The summed E-state index contributed by atoms with van der Waals surface area (Å²) in [4.78, 5) is 8.85. The maximum absolute atomic E-state index is 12.9. The van der Waals surface area contributed by atoms with Crippen molar-refractivity contribution >= 4 is 11.6 Å². The number of rotatable bonds is 9. The molecule has 2 aromatic rings. The Morgan fingerprint density at radius 1 is 1.09 bits per heavy atom.